The number of hydrogen-bond donors (Lipinski definition) is 1. The topological polar surface area (TPSA) is 24.8 Å². The minimum Gasteiger partial charge on any atom is -0.334 e. The molecule has 1 amide bonds. The molecule has 4 bridgehead atoms. The van der Waals surface area contributed by atoms with Crippen molar-refractivity contribution in [2.45, 2.75) is 43.9 Å². The minimum absolute atomic E-state index is 0.0469. The summed E-state index contributed by atoms with van der Waals surface area (Å²) in [6, 6.07) is 8.53. The molecule has 27 heavy (non-hydrogen) atoms. The number of piperazine rings is 1. The lowest BCUT2D eigenvalue weighted by Crippen LogP contribution is -3.12. The summed E-state index contributed by atoms with van der Waals surface area (Å²) in [5, 5.41) is 0.797. The van der Waals surface area contributed by atoms with Gasteiger partial charge in [0, 0.05) is 16.9 Å². The van der Waals surface area contributed by atoms with E-state index in [9.17, 15) is 4.79 Å². The van der Waals surface area contributed by atoms with E-state index in [-0.39, 0.29) is 5.41 Å². The van der Waals surface area contributed by atoms with E-state index in [1.807, 2.05) is 12.1 Å². The lowest BCUT2D eigenvalue weighted by Gasteiger charge is -2.61. The molecule has 4 heteroatoms. The third kappa shape index (κ3) is 3.02. The molecular formula is C23H32ClN2O+. The van der Waals surface area contributed by atoms with Crippen molar-refractivity contribution in [1.29, 1.82) is 0 Å². The summed E-state index contributed by atoms with van der Waals surface area (Å²) in [5.41, 5.74) is 1.43. The molecule has 1 aliphatic heterocycles. The first-order valence-electron chi connectivity index (χ1n) is 10.9. The highest BCUT2D eigenvalue weighted by molar-refractivity contribution is 6.30. The number of nitrogens with one attached hydrogen (secondary N) is 1. The fraction of sp³-hybridized carbons (Fsp3) is 0.696. The van der Waals surface area contributed by atoms with Crippen LogP contribution in [0.25, 0.3) is 0 Å². The molecular weight excluding hydrogens is 356 g/mol. The van der Waals surface area contributed by atoms with Gasteiger partial charge in [-0.05, 0) is 73.5 Å². The Balaban J connectivity index is 1.48. The van der Waals surface area contributed by atoms with E-state index in [1.165, 1.54) is 37.7 Å². The molecule has 1 aromatic rings. The number of hydrogen-bond acceptors (Lipinski definition) is 1. The molecule has 1 aromatic carbocycles. The standard InChI is InChI=1S/C23H31ClN2O/c1-25-6-8-26(9-7-25)22(27)15-23(18-2-4-21(24)5-3-18)19-11-16-10-17(13-19)14-20(23)12-16/h2-5,16-17,19-20H,6-15H2,1H3/p+1. The van der Waals surface area contributed by atoms with Crippen LogP contribution >= 0.6 is 11.6 Å². The summed E-state index contributed by atoms with van der Waals surface area (Å²) in [6.45, 7) is 4.00. The van der Waals surface area contributed by atoms with Gasteiger partial charge in [-0.1, -0.05) is 23.7 Å². The third-order valence-electron chi connectivity index (χ3n) is 8.39. The van der Waals surface area contributed by atoms with Crippen LogP contribution in [0.15, 0.2) is 24.3 Å². The number of benzene rings is 1. The molecule has 3 nitrogen and oxygen atoms in total. The van der Waals surface area contributed by atoms with Crippen LogP contribution in [-0.2, 0) is 10.2 Å². The lowest BCUT2D eigenvalue weighted by molar-refractivity contribution is -0.883. The number of rotatable bonds is 3. The first-order chi connectivity index (χ1) is 13.0. The maximum atomic E-state index is 13.4. The van der Waals surface area contributed by atoms with Gasteiger partial charge in [0.2, 0.25) is 5.91 Å². The Hall–Kier alpha value is -1.06. The number of quaternary nitrogens is 1. The SMILES string of the molecule is C[NH+]1CCN(C(=O)CC2(c3ccc(Cl)cc3)C3CC4CC(C3)CC2C4)CC1. The normalized spacial score (nSPS) is 38.4. The largest absolute Gasteiger partial charge is 0.334 e. The van der Waals surface area contributed by atoms with E-state index in [2.05, 4.69) is 24.1 Å². The highest BCUT2D eigenvalue weighted by Crippen LogP contribution is 2.64. The van der Waals surface area contributed by atoms with Crippen molar-refractivity contribution in [2.75, 3.05) is 33.2 Å². The van der Waals surface area contributed by atoms with E-state index in [4.69, 9.17) is 11.6 Å². The van der Waals surface area contributed by atoms with Crippen molar-refractivity contribution in [2.24, 2.45) is 23.7 Å². The molecule has 0 atom stereocenters. The predicted molar refractivity (Wildman–Crippen MR) is 108 cm³/mol. The highest BCUT2D eigenvalue weighted by atomic mass is 35.5. The molecule has 4 aliphatic carbocycles. The van der Waals surface area contributed by atoms with Crippen LogP contribution in [0.1, 0.15) is 44.1 Å². The number of amides is 1. The Labute approximate surface area is 168 Å². The maximum absolute atomic E-state index is 13.4. The van der Waals surface area contributed by atoms with Crippen LogP contribution in [0, 0.1) is 23.7 Å². The second kappa shape index (κ2) is 6.77. The smallest absolute Gasteiger partial charge is 0.223 e. The predicted octanol–water partition coefficient (Wildman–Crippen LogP) is 2.78. The average Bonchev–Trinajstić information content (AvgIpc) is 2.65. The van der Waals surface area contributed by atoms with Gasteiger partial charge < -0.3 is 9.80 Å². The summed E-state index contributed by atoms with van der Waals surface area (Å²) in [7, 11) is 2.23. The molecule has 146 valence electrons. The monoisotopic (exact) mass is 387 g/mol. The van der Waals surface area contributed by atoms with Crippen LogP contribution in [0.3, 0.4) is 0 Å². The second-order valence-electron chi connectivity index (χ2n) is 9.87. The zero-order valence-corrected chi connectivity index (χ0v) is 17.2. The van der Waals surface area contributed by atoms with Crippen LogP contribution in [0.2, 0.25) is 5.02 Å². The van der Waals surface area contributed by atoms with Crippen molar-refractivity contribution in [3.05, 3.63) is 34.9 Å². The Morgan fingerprint density at radius 3 is 2.15 bits per heavy atom. The molecule has 1 N–H and O–H groups in total. The van der Waals surface area contributed by atoms with Crippen molar-refractivity contribution in [3.63, 3.8) is 0 Å². The number of nitrogens with zero attached hydrogens (tertiary/aromatic N) is 1. The fourth-order valence-electron chi connectivity index (χ4n) is 7.15. The van der Waals surface area contributed by atoms with E-state index < -0.39 is 0 Å². The van der Waals surface area contributed by atoms with Gasteiger partial charge in [-0.3, -0.25) is 4.79 Å². The molecule has 1 heterocycles. The molecule has 0 aromatic heterocycles. The Bertz CT molecular complexity index is 680. The van der Waals surface area contributed by atoms with E-state index >= 15 is 0 Å². The summed E-state index contributed by atoms with van der Waals surface area (Å²) in [5.74, 6) is 3.57. The average molecular weight is 388 g/mol. The van der Waals surface area contributed by atoms with Gasteiger partial charge in [0.25, 0.3) is 0 Å². The van der Waals surface area contributed by atoms with E-state index in [1.54, 1.807) is 4.90 Å². The summed E-state index contributed by atoms with van der Waals surface area (Å²) < 4.78 is 0. The number of likely N-dealkylation sites (N-methyl/N-ethyl adjacent to an activating group) is 1. The van der Waals surface area contributed by atoms with Gasteiger partial charge in [0.1, 0.15) is 0 Å². The quantitative estimate of drug-likeness (QED) is 0.847. The maximum Gasteiger partial charge on any atom is 0.223 e. The van der Waals surface area contributed by atoms with Gasteiger partial charge in [-0.2, -0.15) is 0 Å². The molecule has 0 radical (unpaired) electrons. The molecule has 0 unspecified atom stereocenters. The van der Waals surface area contributed by atoms with E-state index in [0.29, 0.717) is 24.2 Å². The fourth-order valence-corrected chi connectivity index (χ4v) is 7.27. The van der Waals surface area contributed by atoms with E-state index in [0.717, 1.165) is 43.0 Å². The first kappa shape index (κ1) is 18.0. The van der Waals surface area contributed by atoms with Crippen LogP contribution in [0.4, 0.5) is 0 Å². The van der Waals surface area contributed by atoms with Crippen molar-refractivity contribution in [1.82, 2.24) is 4.90 Å². The molecule has 5 aliphatic rings. The number of carbonyl (C=O) groups is 1. The van der Waals surface area contributed by atoms with Crippen molar-refractivity contribution >= 4 is 17.5 Å². The van der Waals surface area contributed by atoms with Crippen LogP contribution in [0.5, 0.6) is 0 Å². The molecule has 4 saturated carbocycles. The Kier molecular flexibility index (Phi) is 4.52. The van der Waals surface area contributed by atoms with Crippen molar-refractivity contribution < 1.29 is 9.69 Å². The van der Waals surface area contributed by atoms with Crippen LogP contribution < -0.4 is 4.90 Å². The van der Waals surface area contributed by atoms with Crippen molar-refractivity contribution in [3.8, 4) is 0 Å². The van der Waals surface area contributed by atoms with Crippen LogP contribution in [-0.4, -0.2) is 44.0 Å². The molecule has 0 spiro atoms. The summed E-state index contributed by atoms with van der Waals surface area (Å²) in [6.07, 6.45) is 7.47. The van der Waals surface area contributed by atoms with Gasteiger partial charge in [-0.25, -0.2) is 0 Å². The Morgan fingerprint density at radius 1 is 1.04 bits per heavy atom. The molecule has 1 saturated heterocycles. The summed E-state index contributed by atoms with van der Waals surface area (Å²) in [4.78, 5) is 17.1. The Morgan fingerprint density at radius 2 is 1.59 bits per heavy atom. The zero-order valence-electron chi connectivity index (χ0n) is 16.4. The third-order valence-corrected chi connectivity index (χ3v) is 8.64. The number of carbonyl (C=O) groups excluding carboxylic acids is 1. The minimum atomic E-state index is 0.0469. The van der Waals surface area contributed by atoms with Gasteiger partial charge in [0.05, 0.1) is 33.2 Å². The first-order valence-corrected chi connectivity index (χ1v) is 11.3. The lowest BCUT2D eigenvalue weighted by atomic mass is 9.43. The van der Waals surface area contributed by atoms with Gasteiger partial charge >= 0.3 is 0 Å². The molecule has 6 rings (SSSR count). The highest BCUT2D eigenvalue weighted by Gasteiger charge is 2.58. The van der Waals surface area contributed by atoms with Gasteiger partial charge in [0.15, 0.2) is 0 Å². The second-order valence-corrected chi connectivity index (χ2v) is 10.3. The number of halogens is 1. The summed E-state index contributed by atoms with van der Waals surface area (Å²) >= 11 is 6.21. The molecule has 5 fully saturated rings. The van der Waals surface area contributed by atoms with Gasteiger partial charge in [-0.15, -0.1) is 0 Å². The zero-order chi connectivity index (χ0) is 18.6.